The van der Waals surface area contributed by atoms with Crippen molar-refractivity contribution in [3.05, 3.63) is 64.8 Å². The zero-order valence-corrected chi connectivity index (χ0v) is 11.9. The molecule has 0 atom stereocenters. The zero-order valence-electron chi connectivity index (χ0n) is 11.2. The lowest BCUT2D eigenvalue weighted by atomic mass is 10.2. The summed E-state index contributed by atoms with van der Waals surface area (Å²) >= 11 is 5.79. The van der Waals surface area contributed by atoms with Crippen molar-refractivity contribution >= 4 is 22.5 Å². The van der Waals surface area contributed by atoms with Gasteiger partial charge in [0, 0.05) is 28.5 Å². The monoisotopic (exact) mass is 324 g/mol. The third-order valence-electron chi connectivity index (χ3n) is 3.32. The molecular weight excluding hydrogens is 315 g/mol. The molecule has 6 heteroatoms. The first-order valence-corrected chi connectivity index (χ1v) is 6.78. The van der Waals surface area contributed by atoms with E-state index in [-0.39, 0.29) is 17.7 Å². The molecule has 0 fully saturated rings. The Hall–Kier alpha value is -2.14. The van der Waals surface area contributed by atoms with E-state index in [0.29, 0.717) is 16.1 Å². The Morgan fingerprint density at radius 3 is 2.41 bits per heavy atom. The van der Waals surface area contributed by atoms with Gasteiger partial charge in [-0.3, -0.25) is 0 Å². The maximum atomic E-state index is 13.2. The second-order valence-corrected chi connectivity index (χ2v) is 5.32. The van der Waals surface area contributed by atoms with E-state index in [9.17, 15) is 18.3 Å². The van der Waals surface area contributed by atoms with Gasteiger partial charge in [0.1, 0.15) is 11.4 Å². The number of halogens is 4. The van der Waals surface area contributed by atoms with E-state index < -0.39 is 11.9 Å². The number of hydrogen-bond donors (Lipinski definition) is 1. The number of aromatic hydroxyl groups is 1. The maximum absolute atomic E-state index is 13.2. The predicted octanol–water partition coefficient (Wildman–Crippen LogP) is 4.87. The first-order chi connectivity index (χ1) is 10.3. The van der Waals surface area contributed by atoms with Gasteiger partial charge in [0.25, 0.3) is 0 Å². The number of phenols is 1. The molecule has 0 amide bonds. The molecule has 2 aromatic carbocycles. The lowest BCUT2D eigenvalue weighted by molar-refractivity contribution is -0.143. The molecule has 0 saturated heterocycles. The van der Waals surface area contributed by atoms with Crippen molar-refractivity contribution in [2.45, 2.75) is 12.7 Å². The van der Waals surface area contributed by atoms with E-state index in [4.69, 9.17) is 11.6 Å². The minimum Gasteiger partial charge on any atom is -0.508 e. The highest BCUT2D eigenvalue weighted by molar-refractivity contribution is 6.30. The molecule has 1 radical (unpaired) electrons. The van der Waals surface area contributed by atoms with Crippen LogP contribution in [0, 0.1) is 6.07 Å². The summed E-state index contributed by atoms with van der Waals surface area (Å²) in [6, 6.07) is 13.0. The number of phenolic OH excluding ortho intramolecular Hbond substituents is 1. The SMILES string of the molecule is Oc1ccc2c([c]c(C(F)(F)F)n2Cc2ccc(Cl)cc2)c1. The van der Waals surface area contributed by atoms with Gasteiger partial charge in [0.05, 0.1) is 0 Å². The van der Waals surface area contributed by atoms with Gasteiger partial charge in [0.2, 0.25) is 0 Å². The summed E-state index contributed by atoms with van der Waals surface area (Å²) < 4.78 is 40.8. The summed E-state index contributed by atoms with van der Waals surface area (Å²) in [6.07, 6.45) is -4.53. The Bertz CT molecular complexity index is 822. The van der Waals surface area contributed by atoms with E-state index in [1.807, 2.05) is 0 Å². The smallest absolute Gasteiger partial charge is 0.432 e. The summed E-state index contributed by atoms with van der Waals surface area (Å²) in [4.78, 5) is 0. The standard InChI is InChI=1S/C16H10ClF3NO/c17-12-3-1-10(2-4-12)9-21-14-6-5-13(22)7-11(14)8-15(21)16(18,19)20/h1-7,22H,9H2. The van der Waals surface area contributed by atoms with E-state index in [0.717, 1.165) is 4.57 Å². The lowest BCUT2D eigenvalue weighted by Gasteiger charge is -2.13. The molecule has 2 nitrogen and oxygen atoms in total. The molecular formula is C16H10ClF3NO. The minimum absolute atomic E-state index is 0.0385. The van der Waals surface area contributed by atoms with E-state index in [1.165, 1.54) is 18.2 Å². The van der Waals surface area contributed by atoms with Crippen molar-refractivity contribution in [2.75, 3.05) is 0 Å². The van der Waals surface area contributed by atoms with Crippen molar-refractivity contribution in [1.29, 1.82) is 0 Å². The second kappa shape index (κ2) is 5.25. The topological polar surface area (TPSA) is 25.2 Å². The highest BCUT2D eigenvalue weighted by Crippen LogP contribution is 2.35. The number of hydrogen-bond acceptors (Lipinski definition) is 1. The molecule has 3 rings (SSSR count). The zero-order chi connectivity index (χ0) is 15.9. The van der Waals surface area contributed by atoms with Gasteiger partial charge in [-0.2, -0.15) is 13.2 Å². The number of aromatic nitrogens is 1. The molecule has 113 valence electrons. The summed E-state index contributed by atoms with van der Waals surface area (Å²) in [6.45, 7) is 0.0385. The highest BCUT2D eigenvalue weighted by atomic mass is 35.5. The van der Waals surface area contributed by atoms with Gasteiger partial charge >= 0.3 is 6.18 Å². The average Bonchev–Trinajstić information content (AvgIpc) is 2.79. The van der Waals surface area contributed by atoms with Crippen molar-refractivity contribution in [3.8, 4) is 5.75 Å². The molecule has 0 aliphatic rings. The van der Waals surface area contributed by atoms with Crippen LogP contribution in [0.25, 0.3) is 10.9 Å². The molecule has 3 aromatic rings. The van der Waals surface area contributed by atoms with Gasteiger partial charge < -0.3 is 9.67 Å². The van der Waals surface area contributed by atoms with Crippen LogP contribution in [-0.4, -0.2) is 9.67 Å². The Morgan fingerprint density at radius 1 is 1.09 bits per heavy atom. The summed E-state index contributed by atoms with van der Waals surface area (Å²) in [5, 5.41) is 10.2. The number of fused-ring (bicyclic) bond motifs is 1. The molecule has 1 N–H and O–H groups in total. The van der Waals surface area contributed by atoms with Crippen LogP contribution in [0.15, 0.2) is 42.5 Å². The molecule has 1 heterocycles. The number of alkyl halides is 3. The second-order valence-electron chi connectivity index (χ2n) is 4.89. The van der Waals surface area contributed by atoms with Crippen LogP contribution in [0.3, 0.4) is 0 Å². The number of nitrogens with zero attached hydrogens (tertiary/aromatic N) is 1. The lowest BCUT2D eigenvalue weighted by Crippen LogP contribution is -2.14. The molecule has 1 aromatic heterocycles. The largest absolute Gasteiger partial charge is 0.508 e. The van der Waals surface area contributed by atoms with Crippen LogP contribution in [-0.2, 0) is 12.7 Å². The van der Waals surface area contributed by atoms with E-state index in [1.54, 1.807) is 24.3 Å². The molecule has 0 saturated carbocycles. The molecule has 0 spiro atoms. The quantitative estimate of drug-likeness (QED) is 0.715. The first-order valence-electron chi connectivity index (χ1n) is 6.41. The fourth-order valence-electron chi connectivity index (χ4n) is 2.34. The molecule has 0 unspecified atom stereocenters. The minimum atomic E-state index is -4.53. The number of benzene rings is 2. The van der Waals surface area contributed by atoms with Crippen LogP contribution in [0.1, 0.15) is 11.3 Å². The van der Waals surface area contributed by atoms with Crippen molar-refractivity contribution in [3.63, 3.8) is 0 Å². The molecule has 0 bridgehead atoms. The Balaban J connectivity index is 2.15. The predicted molar refractivity (Wildman–Crippen MR) is 78.0 cm³/mol. The Kier molecular flexibility index (Phi) is 3.53. The molecule has 0 aliphatic carbocycles. The van der Waals surface area contributed by atoms with Gasteiger partial charge in [0.15, 0.2) is 0 Å². The normalized spacial score (nSPS) is 12.0. The third-order valence-corrected chi connectivity index (χ3v) is 3.57. The van der Waals surface area contributed by atoms with E-state index >= 15 is 0 Å². The fourth-order valence-corrected chi connectivity index (χ4v) is 2.46. The van der Waals surface area contributed by atoms with Gasteiger partial charge in [-0.15, -0.1) is 0 Å². The summed E-state index contributed by atoms with van der Waals surface area (Å²) in [7, 11) is 0. The summed E-state index contributed by atoms with van der Waals surface area (Å²) in [5.41, 5.74) is 0.178. The van der Waals surface area contributed by atoms with Crippen molar-refractivity contribution in [1.82, 2.24) is 4.57 Å². The third kappa shape index (κ3) is 2.76. The van der Waals surface area contributed by atoms with Crippen LogP contribution in [0.5, 0.6) is 5.75 Å². The van der Waals surface area contributed by atoms with Crippen molar-refractivity contribution < 1.29 is 18.3 Å². The van der Waals surface area contributed by atoms with Crippen LogP contribution >= 0.6 is 11.6 Å². The molecule has 0 aliphatic heterocycles. The average molecular weight is 325 g/mol. The highest BCUT2D eigenvalue weighted by Gasteiger charge is 2.35. The van der Waals surface area contributed by atoms with Crippen molar-refractivity contribution in [2.24, 2.45) is 0 Å². The number of rotatable bonds is 2. The van der Waals surface area contributed by atoms with Gasteiger partial charge in [-0.25, -0.2) is 0 Å². The van der Waals surface area contributed by atoms with Crippen LogP contribution in [0.4, 0.5) is 13.2 Å². The fraction of sp³-hybridized carbons (Fsp3) is 0.125. The van der Waals surface area contributed by atoms with Crippen LogP contribution < -0.4 is 0 Å². The van der Waals surface area contributed by atoms with Gasteiger partial charge in [-0.1, -0.05) is 23.7 Å². The van der Waals surface area contributed by atoms with Crippen LogP contribution in [0.2, 0.25) is 5.02 Å². The molecule has 22 heavy (non-hydrogen) atoms. The Labute approximate surface area is 129 Å². The van der Waals surface area contributed by atoms with E-state index in [2.05, 4.69) is 6.07 Å². The Morgan fingerprint density at radius 2 is 1.77 bits per heavy atom. The van der Waals surface area contributed by atoms with Gasteiger partial charge in [-0.05, 0) is 35.9 Å². The summed E-state index contributed by atoms with van der Waals surface area (Å²) in [5.74, 6) is -0.0962. The maximum Gasteiger partial charge on any atom is 0.432 e. The first kappa shape index (κ1) is 14.8.